The lowest BCUT2D eigenvalue weighted by Gasteiger charge is -2.27. The van der Waals surface area contributed by atoms with Gasteiger partial charge in [-0.2, -0.15) is 0 Å². The van der Waals surface area contributed by atoms with E-state index >= 15 is 0 Å². The molecule has 0 fully saturated rings. The van der Waals surface area contributed by atoms with Crippen molar-refractivity contribution in [1.29, 1.82) is 0 Å². The Morgan fingerprint density at radius 3 is 2.00 bits per heavy atom. The van der Waals surface area contributed by atoms with Crippen molar-refractivity contribution in [2.45, 2.75) is 73.0 Å². The van der Waals surface area contributed by atoms with E-state index in [2.05, 4.69) is 33.0 Å². The van der Waals surface area contributed by atoms with Gasteiger partial charge in [-0.3, -0.25) is 0 Å². The first-order valence-electron chi connectivity index (χ1n) is 6.03. The van der Waals surface area contributed by atoms with Crippen molar-refractivity contribution >= 4 is 6.09 Å². The normalized spacial score (nSPS) is 14.4. The first-order chi connectivity index (χ1) is 7.03. The number of hydrogen-bond acceptors (Lipinski definition) is 2. The highest BCUT2D eigenvalue weighted by molar-refractivity contribution is 5.68. The van der Waals surface area contributed by atoms with Crippen LogP contribution in [0.15, 0.2) is 0 Å². The molecule has 1 atom stereocenters. The molecular formula is C13H27NO2. The number of alkyl carbamates (subject to hydrolysis) is 1. The van der Waals surface area contributed by atoms with Crippen LogP contribution in [0.5, 0.6) is 0 Å². The summed E-state index contributed by atoms with van der Waals surface area (Å²) in [5.41, 5.74) is -0.209. The summed E-state index contributed by atoms with van der Waals surface area (Å²) in [4.78, 5) is 11.6. The molecule has 0 aromatic heterocycles. The summed E-state index contributed by atoms with van der Waals surface area (Å²) in [7, 11) is 0. The van der Waals surface area contributed by atoms with Gasteiger partial charge in [0, 0.05) is 6.04 Å². The Bertz CT molecular complexity index is 223. The number of hydrogen-bond donors (Lipinski definition) is 1. The van der Waals surface area contributed by atoms with Crippen molar-refractivity contribution in [3.05, 3.63) is 0 Å². The van der Waals surface area contributed by atoms with Crippen LogP contribution in [0, 0.1) is 5.41 Å². The van der Waals surface area contributed by atoms with Crippen molar-refractivity contribution in [2.75, 3.05) is 0 Å². The molecule has 96 valence electrons. The number of nitrogens with one attached hydrogen (secondary N) is 1. The van der Waals surface area contributed by atoms with Crippen molar-refractivity contribution in [2.24, 2.45) is 5.41 Å². The smallest absolute Gasteiger partial charge is 0.407 e. The fourth-order valence-corrected chi connectivity index (χ4v) is 1.51. The van der Waals surface area contributed by atoms with Crippen LogP contribution in [0.3, 0.4) is 0 Å². The number of amides is 1. The molecule has 0 rings (SSSR count). The molecule has 0 saturated heterocycles. The molecule has 0 heterocycles. The highest BCUT2D eigenvalue weighted by Crippen LogP contribution is 2.22. The molecule has 0 aromatic rings. The summed E-state index contributed by atoms with van der Waals surface area (Å²) >= 11 is 0. The SMILES string of the molecule is CC[C@@H](CC(C)(C)C)NC(=O)OC(C)(C)C. The first-order valence-corrected chi connectivity index (χ1v) is 6.03. The summed E-state index contributed by atoms with van der Waals surface area (Å²) in [6.07, 6.45) is 1.57. The molecule has 0 unspecified atom stereocenters. The molecule has 3 nitrogen and oxygen atoms in total. The van der Waals surface area contributed by atoms with Crippen molar-refractivity contribution in [3.63, 3.8) is 0 Å². The average Bonchev–Trinajstić information content (AvgIpc) is 1.96. The van der Waals surface area contributed by atoms with Gasteiger partial charge in [0.1, 0.15) is 5.60 Å². The van der Waals surface area contributed by atoms with E-state index in [-0.39, 0.29) is 17.6 Å². The highest BCUT2D eigenvalue weighted by atomic mass is 16.6. The zero-order valence-corrected chi connectivity index (χ0v) is 11.8. The largest absolute Gasteiger partial charge is 0.444 e. The van der Waals surface area contributed by atoms with Crippen molar-refractivity contribution in [3.8, 4) is 0 Å². The molecule has 3 heteroatoms. The van der Waals surface area contributed by atoms with E-state index in [0.29, 0.717) is 0 Å². The predicted molar refractivity (Wildman–Crippen MR) is 67.5 cm³/mol. The summed E-state index contributed by atoms with van der Waals surface area (Å²) in [5, 5.41) is 2.92. The Labute approximate surface area is 99.9 Å². The molecule has 0 spiro atoms. The van der Waals surface area contributed by atoms with Crippen LogP contribution < -0.4 is 5.32 Å². The summed E-state index contributed by atoms with van der Waals surface area (Å²) in [5.74, 6) is 0. The molecule has 0 aromatic carbocycles. The number of rotatable bonds is 3. The average molecular weight is 229 g/mol. The second-order valence-electron chi connectivity index (χ2n) is 6.52. The summed E-state index contributed by atoms with van der Waals surface area (Å²) in [6.45, 7) is 14.2. The molecule has 16 heavy (non-hydrogen) atoms. The fraction of sp³-hybridized carbons (Fsp3) is 0.923. The van der Waals surface area contributed by atoms with Gasteiger partial charge in [0.2, 0.25) is 0 Å². The molecule has 1 N–H and O–H groups in total. The predicted octanol–water partition coefficient (Wildman–Crippen LogP) is 3.73. The lowest BCUT2D eigenvalue weighted by Crippen LogP contribution is -2.40. The molecule has 0 radical (unpaired) electrons. The number of carbonyl (C=O) groups is 1. The maximum Gasteiger partial charge on any atom is 0.407 e. The third-order valence-corrected chi connectivity index (χ3v) is 2.07. The van der Waals surface area contributed by atoms with Crippen LogP contribution in [0.2, 0.25) is 0 Å². The standard InChI is InChI=1S/C13H27NO2/c1-8-10(9-12(2,3)4)14-11(15)16-13(5,6)7/h10H,8-9H2,1-7H3,(H,14,15)/t10-/m0/s1. The minimum atomic E-state index is -0.426. The Morgan fingerprint density at radius 1 is 1.19 bits per heavy atom. The number of ether oxygens (including phenoxy) is 1. The molecule has 0 saturated carbocycles. The van der Waals surface area contributed by atoms with E-state index in [0.717, 1.165) is 12.8 Å². The van der Waals surface area contributed by atoms with Crippen LogP contribution in [0.1, 0.15) is 61.3 Å². The van der Waals surface area contributed by atoms with Gasteiger partial charge in [0.25, 0.3) is 0 Å². The lowest BCUT2D eigenvalue weighted by atomic mass is 9.87. The van der Waals surface area contributed by atoms with E-state index in [1.165, 1.54) is 0 Å². The first kappa shape index (κ1) is 15.3. The van der Waals surface area contributed by atoms with Gasteiger partial charge in [-0.1, -0.05) is 27.7 Å². The molecule has 1 amide bonds. The zero-order valence-electron chi connectivity index (χ0n) is 11.8. The van der Waals surface area contributed by atoms with Gasteiger partial charge in [0.15, 0.2) is 0 Å². The maximum absolute atomic E-state index is 11.6. The van der Waals surface area contributed by atoms with Crippen LogP contribution in [0.25, 0.3) is 0 Å². The fourth-order valence-electron chi connectivity index (χ4n) is 1.51. The van der Waals surface area contributed by atoms with Crippen LogP contribution in [0.4, 0.5) is 4.79 Å². The Morgan fingerprint density at radius 2 is 1.69 bits per heavy atom. The summed E-state index contributed by atoms with van der Waals surface area (Å²) in [6, 6.07) is 0.190. The second kappa shape index (κ2) is 5.55. The molecule has 0 aliphatic rings. The maximum atomic E-state index is 11.6. The number of carbonyl (C=O) groups excluding carboxylic acids is 1. The lowest BCUT2D eigenvalue weighted by molar-refractivity contribution is 0.0491. The van der Waals surface area contributed by atoms with E-state index in [1.807, 2.05) is 20.8 Å². The van der Waals surface area contributed by atoms with Gasteiger partial charge in [-0.15, -0.1) is 0 Å². The van der Waals surface area contributed by atoms with E-state index in [9.17, 15) is 4.79 Å². The van der Waals surface area contributed by atoms with Crippen LogP contribution in [-0.4, -0.2) is 17.7 Å². The Kier molecular flexibility index (Phi) is 5.30. The van der Waals surface area contributed by atoms with Gasteiger partial charge < -0.3 is 10.1 Å². The Balaban J connectivity index is 4.18. The van der Waals surface area contributed by atoms with Gasteiger partial charge >= 0.3 is 6.09 Å². The van der Waals surface area contributed by atoms with Gasteiger partial charge in [-0.05, 0) is 39.0 Å². The topological polar surface area (TPSA) is 38.3 Å². The van der Waals surface area contributed by atoms with Gasteiger partial charge in [-0.25, -0.2) is 4.79 Å². The monoisotopic (exact) mass is 229 g/mol. The van der Waals surface area contributed by atoms with Crippen LogP contribution in [-0.2, 0) is 4.74 Å². The van der Waals surface area contributed by atoms with Crippen LogP contribution >= 0.6 is 0 Å². The van der Waals surface area contributed by atoms with Crippen molar-refractivity contribution < 1.29 is 9.53 Å². The molecule has 0 bridgehead atoms. The molecular weight excluding hydrogens is 202 g/mol. The van der Waals surface area contributed by atoms with Gasteiger partial charge in [0.05, 0.1) is 0 Å². The third-order valence-electron chi connectivity index (χ3n) is 2.07. The van der Waals surface area contributed by atoms with E-state index in [4.69, 9.17) is 4.74 Å². The van der Waals surface area contributed by atoms with Crippen molar-refractivity contribution in [1.82, 2.24) is 5.32 Å². The minimum Gasteiger partial charge on any atom is -0.444 e. The summed E-state index contributed by atoms with van der Waals surface area (Å²) < 4.78 is 5.23. The van der Waals surface area contributed by atoms with E-state index in [1.54, 1.807) is 0 Å². The second-order valence-corrected chi connectivity index (χ2v) is 6.52. The molecule has 0 aliphatic carbocycles. The Hall–Kier alpha value is -0.730. The highest BCUT2D eigenvalue weighted by Gasteiger charge is 2.22. The third kappa shape index (κ3) is 8.57. The molecule has 0 aliphatic heterocycles. The zero-order chi connectivity index (χ0) is 13.0. The van der Waals surface area contributed by atoms with E-state index < -0.39 is 5.60 Å². The minimum absolute atomic E-state index is 0.190. The quantitative estimate of drug-likeness (QED) is 0.801.